The topological polar surface area (TPSA) is 41.5 Å². The van der Waals surface area contributed by atoms with E-state index in [1.54, 1.807) is 12.1 Å². The summed E-state index contributed by atoms with van der Waals surface area (Å²) in [6.45, 7) is 1.41. The van der Waals surface area contributed by atoms with Crippen LogP contribution in [-0.2, 0) is 6.54 Å². The first-order valence-corrected chi connectivity index (χ1v) is 7.82. The lowest BCUT2D eigenvalue weighted by atomic mass is 10.2. The third-order valence-electron chi connectivity index (χ3n) is 2.86. The van der Waals surface area contributed by atoms with Gasteiger partial charge in [-0.3, -0.25) is 0 Å². The van der Waals surface area contributed by atoms with Crippen LogP contribution in [0, 0.1) is 0 Å². The summed E-state index contributed by atoms with van der Waals surface area (Å²) < 4.78 is 6.54. The first-order valence-electron chi connectivity index (χ1n) is 6.65. The van der Waals surface area contributed by atoms with Crippen molar-refractivity contribution in [3.05, 3.63) is 63.6 Å². The molecule has 1 atom stereocenters. The number of benzene rings is 2. The van der Waals surface area contributed by atoms with Gasteiger partial charge in [-0.15, -0.1) is 0 Å². The lowest BCUT2D eigenvalue weighted by molar-refractivity contribution is 0.106. The third-order valence-corrected chi connectivity index (χ3v) is 3.62. The number of aliphatic hydroxyl groups is 1. The van der Waals surface area contributed by atoms with Gasteiger partial charge in [-0.25, -0.2) is 0 Å². The van der Waals surface area contributed by atoms with Crippen LogP contribution in [0.3, 0.4) is 0 Å². The Balaban J connectivity index is 1.67. The molecular formula is C16H17BrClNO2. The highest BCUT2D eigenvalue weighted by Crippen LogP contribution is 2.17. The molecule has 0 aliphatic heterocycles. The molecule has 0 fully saturated rings. The summed E-state index contributed by atoms with van der Waals surface area (Å²) in [7, 11) is 0. The van der Waals surface area contributed by atoms with Gasteiger partial charge in [0.05, 0.1) is 0 Å². The summed E-state index contributed by atoms with van der Waals surface area (Å²) >= 11 is 9.26. The van der Waals surface area contributed by atoms with Crippen molar-refractivity contribution in [2.24, 2.45) is 0 Å². The van der Waals surface area contributed by atoms with Crippen molar-refractivity contribution < 1.29 is 9.84 Å². The van der Waals surface area contributed by atoms with E-state index in [9.17, 15) is 5.11 Å². The van der Waals surface area contributed by atoms with Gasteiger partial charge in [0.2, 0.25) is 0 Å². The van der Waals surface area contributed by atoms with Gasteiger partial charge < -0.3 is 15.2 Å². The van der Waals surface area contributed by atoms with Crippen molar-refractivity contribution >= 4 is 27.5 Å². The molecule has 3 nitrogen and oxygen atoms in total. The molecule has 0 saturated carbocycles. The number of hydrogen-bond acceptors (Lipinski definition) is 3. The Morgan fingerprint density at radius 3 is 2.67 bits per heavy atom. The fourth-order valence-corrected chi connectivity index (χ4v) is 2.24. The van der Waals surface area contributed by atoms with E-state index in [4.69, 9.17) is 16.3 Å². The van der Waals surface area contributed by atoms with Crippen LogP contribution in [0.4, 0.5) is 0 Å². The maximum Gasteiger partial charge on any atom is 0.120 e. The summed E-state index contributed by atoms with van der Waals surface area (Å²) in [5, 5.41) is 13.7. The smallest absolute Gasteiger partial charge is 0.120 e. The molecule has 0 aromatic heterocycles. The zero-order valence-electron chi connectivity index (χ0n) is 11.4. The molecule has 0 aliphatic carbocycles. The quantitative estimate of drug-likeness (QED) is 0.782. The number of rotatable bonds is 7. The summed E-state index contributed by atoms with van der Waals surface area (Å²) in [6, 6.07) is 15.2. The van der Waals surface area contributed by atoms with Crippen molar-refractivity contribution in [1.29, 1.82) is 0 Å². The molecule has 0 saturated heterocycles. The van der Waals surface area contributed by atoms with Crippen molar-refractivity contribution in [2.75, 3.05) is 13.2 Å². The molecule has 2 aromatic carbocycles. The van der Waals surface area contributed by atoms with Crippen LogP contribution in [0.25, 0.3) is 0 Å². The Kier molecular flexibility index (Phi) is 6.51. The molecule has 2 rings (SSSR count). The molecule has 2 N–H and O–H groups in total. The lowest BCUT2D eigenvalue weighted by Crippen LogP contribution is -2.31. The van der Waals surface area contributed by atoms with Crippen LogP contribution in [-0.4, -0.2) is 24.4 Å². The predicted molar refractivity (Wildman–Crippen MR) is 88.8 cm³/mol. The van der Waals surface area contributed by atoms with Crippen molar-refractivity contribution in [2.45, 2.75) is 12.6 Å². The van der Waals surface area contributed by atoms with Crippen LogP contribution in [0.1, 0.15) is 5.56 Å². The van der Waals surface area contributed by atoms with Crippen molar-refractivity contribution in [3.8, 4) is 5.75 Å². The first-order chi connectivity index (χ1) is 10.1. The largest absolute Gasteiger partial charge is 0.491 e. The average Bonchev–Trinajstić information content (AvgIpc) is 2.47. The van der Waals surface area contributed by atoms with E-state index in [1.165, 1.54) is 5.56 Å². The van der Waals surface area contributed by atoms with Crippen molar-refractivity contribution in [3.63, 3.8) is 0 Å². The first kappa shape index (κ1) is 16.3. The van der Waals surface area contributed by atoms with Gasteiger partial charge in [-0.05, 0) is 35.9 Å². The molecule has 0 spiro atoms. The molecule has 2 aromatic rings. The van der Waals surface area contributed by atoms with Crippen LogP contribution in [0.15, 0.2) is 53.0 Å². The molecule has 0 bridgehead atoms. The minimum Gasteiger partial charge on any atom is -0.491 e. The SMILES string of the molecule is OC(CNCc1ccc(Br)cc1)COc1cccc(Cl)c1. The number of aliphatic hydroxyl groups excluding tert-OH is 1. The van der Waals surface area contributed by atoms with Crippen LogP contribution in [0.5, 0.6) is 5.75 Å². The summed E-state index contributed by atoms with van der Waals surface area (Å²) in [5.41, 5.74) is 1.17. The monoisotopic (exact) mass is 369 g/mol. The maximum atomic E-state index is 9.87. The molecule has 0 amide bonds. The van der Waals surface area contributed by atoms with E-state index in [0.29, 0.717) is 23.9 Å². The summed E-state index contributed by atoms with van der Waals surface area (Å²) in [6.07, 6.45) is -0.570. The van der Waals surface area contributed by atoms with Gasteiger partial charge in [-0.1, -0.05) is 45.7 Å². The average molecular weight is 371 g/mol. The van der Waals surface area contributed by atoms with Crippen LogP contribution < -0.4 is 10.1 Å². The molecule has 0 radical (unpaired) electrons. The molecule has 0 heterocycles. The standard InChI is InChI=1S/C16H17BrClNO2/c17-13-6-4-12(5-7-13)9-19-10-15(20)11-21-16-3-1-2-14(18)8-16/h1-8,15,19-20H,9-11H2. The second-order valence-electron chi connectivity index (χ2n) is 4.68. The van der Waals surface area contributed by atoms with Gasteiger partial charge >= 0.3 is 0 Å². The number of ether oxygens (including phenoxy) is 1. The minimum absolute atomic E-state index is 0.230. The second-order valence-corrected chi connectivity index (χ2v) is 6.03. The van der Waals surface area contributed by atoms with E-state index in [0.717, 1.165) is 4.47 Å². The summed E-state index contributed by atoms with van der Waals surface area (Å²) in [4.78, 5) is 0. The lowest BCUT2D eigenvalue weighted by Gasteiger charge is -2.13. The maximum absolute atomic E-state index is 9.87. The fourth-order valence-electron chi connectivity index (χ4n) is 1.79. The molecule has 1 unspecified atom stereocenters. The summed E-state index contributed by atoms with van der Waals surface area (Å²) in [5.74, 6) is 0.662. The second kappa shape index (κ2) is 8.39. The van der Waals surface area contributed by atoms with Gasteiger partial charge in [0, 0.05) is 22.6 Å². The molecule has 0 aliphatic rings. The number of nitrogens with one attached hydrogen (secondary N) is 1. The Bertz CT molecular complexity index is 562. The molecular weight excluding hydrogens is 354 g/mol. The zero-order valence-corrected chi connectivity index (χ0v) is 13.8. The predicted octanol–water partition coefficient (Wildman–Crippen LogP) is 3.63. The van der Waals surface area contributed by atoms with Gasteiger partial charge in [-0.2, -0.15) is 0 Å². The highest BCUT2D eigenvalue weighted by Gasteiger charge is 2.05. The van der Waals surface area contributed by atoms with E-state index < -0.39 is 6.10 Å². The van der Waals surface area contributed by atoms with Crippen LogP contribution in [0.2, 0.25) is 5.02 Å². The molecule has 112 valence electrons. The Morgan fingerprint density at radius 2 is 1.95 bits per heavy atom. The number of hydrogen-bond donors (Lipinski definition) is 2. The molecule has 21 heavy (non-hydrogen) atoms. The third kappa shape index (κ3) is 6.06. The normalized spacial score (nSPS) is 12.1. The van der Waals surface area contributed by atoms with E-state index in [1.807, 2.05) is 36.4 Å². The Morgan fingerprint density at radius 1 is 1.19 bits per heavy atom. The van der Waals surface area contributed by atoms with Crippen molar-refractivity contribution in [1.82, 2.24) is 5.32 Å². The van der Waals surface area contributed by atoms with Crippen LogP contribution >= 0.6 is 27.5 Å². The van der Waals surface area contributed by atoms with Gasteiger partial charge in [0.25, 0.3) is 0 Å². The zero-order chi connectivity index (χ0) is 15.1. The fraction of sp³-hybridized carbons (Fsp3) is 0.250. The Labute approximate surface area is 138 Å². The van der Waals surface area contributed by atoms with E-state index >= 15 is 0 Å². The highest BCUT2D eigenvalue weighted by atomic mass is 79.9. The minimum atomic E-state index is -0.570. The van der Waals surface area contributed by atoms with Gasteiger partial charge in [0.1, 0.15) is 18.5 Å². The number of halogens is 2. The Hall–Kier alpha value is -1.07. The molecule has 5 heteroatoms. The highest BCUT2D eigenvalue weighted by molar-refractivity contribution is 9.10. The van der Waals surface area contributed by atoms with E-state index in [-0.39, 0.29) is 6.61 Å². The van der Waals surface area contributed by atoms with E-state index in [2.05, 4.69) is 21.2 Å². The van der Waals surface area contributed by atoms with Gasteiger partial charge in [0.15, 0.2) is 0 Å².